The molecule has 2 bridgehead atoms. The van der Waals surface area contributed by atoms with Gasteiger partial charge in [-0.05, 0) is 50.5 Å². The first-order valence-corrected chi connectivity index (χ1v) is 9.05. The highest BCUT2D eigenvalue weighted by atomic mass is 16.5. The van der Waals surface area contributed by atoms with Crippen molar-refractivity contribution >= 4 is 11.8 Å². The number of para-hydroxylation sites is 1. The van der Waals surface area contributed by atoms with Crippen LogP contribution >= 0.6 is 0 Å². The Morgan fingerprint density at radius 1 is 0.960 bits per heavy atom. The normalized spacial score (nSPS) is 24.7. The number of benzene rings is 2. The van der Waals surface area contributed by atoms with Crippen LogP contribution in [0.2, 0.25) is 0 Å². The first kappa shape index (κ1) is 16.2. The fourth-order valence-corrected chi connectivity index (χ4v) is 3.94. The number of fused-ring (bicyclic) bond motifs is 3. The van der Waals surface area contributed by atoms with Crippen LogP contribution in [-0.2, 0) is 4.74 Å². The average Bonchev–Trinajstić information content (AvgIpc) is 2.69. The van der Waals surface area contributed by atoms with Gasteiger partial charge in [-0.15, -0.1) is 0 Å². The number of hydrogen-bond acceptors (Lipinski definition) is 3. The van der Waals surface area contributed by atoms with Crippen LogP contribution in [0.25, 0.3) is 11.1 Å². The maximum atomic E-state index is 12.4. The van der Waals surface area contributed by atoms with Gasteiger partial charge in [0.25, 0.3) is 0 Å². The smallest absolute Gasteiger partial charge is 0.411 e. The summed E-state index contributed by atoms with van der Waals surface area (Å²) in [4.78, 5) is 14.9. The molecule has 3 aliphatic rings. The molecule has 1 N–H and O–H groups in total. The number of nitrogens with one attached hydrogen (secondary N) is 1. The summed E-state index contributed by atoms with van der Waals surface area (Å²) in [5.74, 6) is 0. The molecule has 2 aromatic rings. The van der Waals surface area contributed by atoms with Crippen molar-refractivity contribution in [2.75, 3.05) is 31.6 Å². The minimum Gasteiger partial charge on any atom is -0.449 e. The molecule has 0 aliphatic carbocycles. The molecule has 0 saturated carbocycles. The Kier molecular flexibility index (Phi) is 4.45. The summed E-state index contributed by atoms with van der Waals surface area (Å²) in [5, 5.41) is 2.93. The molecule has 0 radical (unpaired) electrons. The summed E-state index contributed by atoms with van der Waals surface area (Å²) in [5.41, 5.74) is 3.07. The van der Waals surface area contributed by atoms with E-state index >= 15 is 0 Å². The van der Waals surface area contributed by atoms with Crippen molar-refractivity contribution in [3.05, 3.63) is 54.6 Å². The number of rotatable bonds is 4. The monoisotopic (exact) mass is 336 g/mol. The second kappa shape index (κ2) is 6.89. The summed E-state index contributed by atoms with van der Waals surface area (Å²) in [7, 11) is 0. The number of piperidine rings is 3. The third kappa shape index (κ3) is 3.54. The maximum absolute atomic E-state index is 12.4. The lowest BCUT2D eigenvalue weighted by molar-refractivity contribution is -0.0189. The zero-order chi connectivity index (χ0) is 17.1. The number of nitrogens with zero attached hydrogens (tertiary/aromatic N) is 1. The molecule has 0 atom stereocenters. The Balaban J connectivity index is 1.41. The van der Waals surface area contributed by atoms with Gasteiger partial charge in [0, 0.05) is 11.0 Å². The SMILES string of the molecule is O=C(Nc1ccccc1-c1ccccc1)OCC12CCN(CC1)CC2. The van der Waals surface area contributed by atoms with Crippen molar-refractivity contribution in [3.63, 3.8) is 0 Å². The van der Waals surface area contributed by atoms with Gasteiger partial charge in [-0.1, -0.05) is 48.5 Å². The second-order valence-electron chi connectivity index (χ2n) is 7.20. The van der Waals surface area contributed by atoms with Crippen molar-refractivity contribution in [2.24, 2.45) is 5.41 Å². The minimum atomic E-state index is -0.356. The quantitative estimate of drug-likeness (QED) is 0.900. The number of carbonyl (C=O) groups is 1. The zero-order valence-corrected chi connectivity index (χ0v) is 14.4. The highest BCUT2D eigenvalue weighted by Crippen LogP contribution is 2.40. The summed E-state index contributed by atoms with van der Waals surface area (Å²) >= 11 is 0. The summed E-state index contributed by atoms with van der Waals surface area (Å²) in [6, 6.07) is 17.9. The van der Waals surface area contributed by atoms with Gasteiger partial charge in [0.15, 0.2) is 0 Å². The average molecular weight is 336 g/mol. The third-order valence-electron chi connectivity index (χ3n) is 5.63. The van der Waals surface area contributed by atoms with E-state index in [9.17, 15) is 4.79 Å². The van der Waals surface area contributed by atoms with E-state index in [0.717, 1.165) is 55.7 Å². The van der Waals surface area contributed by atoms with E-state index in [4.69, 9.17) is 4.74 Å². The number of hydrogen-bond donors (Lipinski definition) is 1. The molecule has 25 heavy (non-hydrogen) atoms. The van der Waals surface area contributed by atoms with E-state index < -0.39 is 0 Å². The van der Waals surface area contributed by atoms with E-state index in [1.54, 1.807) is 0 Å². The van der Waals surface area contributed by atoms with E-state index in [1.165, 1.54) is 0 Å². The van der Waals surface area contributed by atoms with Gasteiger partial charge in [0.05, 0.1) is 12.3 Å². The molecule has 5 rings (SSSR count). The molecule has 0 spiro atoms. The molecule has 3 fully saturated rings. The summed E-state index contributed by atoms with van der Waals surface area (Å²) in [6.45, 7) is 3.95. The number of ether oxygens (including phenoxy) is 1. The Labute approximate surface area is 148 Å². The highest BCUT2D eigenvalue weighted by molar-refractivity contribution is 5.91. The second-order valence-corrected chi connectivity index (χ2v) is 7.20. The summed E-state index contributed by atoms with van der Waals surface area (Å²) < 4.78 is 5.63. The van der Waals surface area contributed by atoms with Crippen molar-refractivity contribution < 1.29 is 9.53 Å². The lowest BCUT2D eigenvalue weighted by Gasteiger charge is -2.47. The molecule has 130 valence electrons. The Hall–Kier alpha value is -2.33. The fraction of sp³-hybridized carbons (Fsp3) is 0.381. The van der Waals surface area contributed by atoms with E-state index in [2.05, 4.69) is 10.2 Å². The number of carbonyl (C=O) groups excluding carboxylic acids is 1. The van der Waals surface area contributed by atoms with Gasteiger partial charge in [-0.25, -0.2) is 4.79 Å². The topological polar surface area (TPSA) is 41.6 Å². The van der Waals surface area contributed by atoms with Crippen molar-refractivity contribution in [1.29, 1.82) is 0 Å². The largest absolute Gasteiger partial charge is 0.449 e. The highest BCUT2D eigenvalue weighted by Gasteiger charge is 2.40. The first-order valence-electron chi connectivity index (χ1n) is 9.05. The molecule has 2 aromatic carbocycles. The van der Waals surface area contributed by atoms with Crippen LogP contribution in [0.1, 0.15) is 19.3 Å². The number of anilines is 1. The zero-order valence-electron chi connectivity index (χ0n) is 14.4. The standard InChI is InChI=1S/C21H24N2O2/c24-20(25-16-21-10-13-23(14-11-21)15-12-21)22-19-9-5-4-8-18(19)17-6-2-1-3-7-17/h1-9H,10-16H2,(H,22,24). The predicted octanol–water partition coefficient (Wildman–Crippen LogP) is 4.39. The van der Waals surface area contributed by atoms with Gasteiger partial charge in [0.1, 0.15) is 0 Å². The van der Waals surface area contributed by atoms with Crippen LogP contribution in [0.4, 0.5) is 10.5 Å². The van der Waals surface area contributed by atoms with Gasteiger partial charge < -0.3 is 9.64 Å². The summed E-state index contributed by atoms with van der Waals surface area (Å²) in [6.07, 6.45) is 3.06. The van der Waals surface area contributed by atoms with Crippen LogP contribution in [0.15, 0.2) is 54.6 Å². The molecule has 0 unspecified atom stereocenters. The molecule has 3 aliphatic heterocycles. The Morgan fingerprint density at radius 3 is 2.32 bits per heavy atom. The fourth-order valence-electron chi connectivity index (χ4n) is 3.94. The third-order valence-corrected chi connectivity index (χ3v) is 5.63. The molecule has 4 heteroatoms. The molecular weight excluding hydrogens is 312 g/mol. The first-order chi connectivity index (χ1) is 12.2. The van der Waals surface area contributed by atoms with Crippen LogP contribution in [0.3, 0.4) is 0 Å². The molecular formula is C21H24N2O2. The Morgan fingerprint density at radius 2 is 1.60 bits per heavy atom. The van der Waals surface area contributed by atoms with Crippen molar-refractivity contribution in [2.45, 2.75) is 19.3 Å². The van der Waals surface area contributed by atoms with Crippen LogP contribution < -0.4 is 5.32 Å². The molecule has 4 nitrogen and oxygen atoms in total. The molecule has 3 saturated heterocycles. The van der Waals surface area contributed by atoms with Gasteiger partial charge in [0.2, 0.25) is 0 Å². The van der Waals surface area contributed by atoms with Crippen LogP contribution in [0, 0.1) is 5.41 Å². The van der Waals surface area contributed by atoms with Gasteiger partial charge >= 0.3 is 6.09 Å². The maximum Gasteiger partial charge on any atom is 0.411 e. The van der Waals surface area contributed by atoms with Crippen LogP contribution in [-0.4, -0.2) is 37.2 Å². The predicted molar refractivity (Wildman–Crippen MR) is 99.6 cm³/mol. The molecule has 1 amide bonds. The minimum absolute atomic E-state index is 0.199. The van der Waals surface area contributed by atoms with Gasteiger partial charge in [-0.2, -0.15) is 0 Å². The van der Waals surface area contributed by atoms with Crippen LogP contribution in [0.5, 0.6) is 0 Å². The lowest BCUT2D eigenvalue weighted by Crippen LogP contribution is -2.50. The molecule has 0 aromatic heterocycles. The number of amides is 1. The van der Waals surface area contributed by atoms with E-state index in [-0.39, 0.29) is 11.5 Å². The Bertz CT molecular complexity index is 723. The van der Waals surface area contributed by atoms with E-state index in [0.29, 0.717) is 6.61 Å². The van der Waals surface area contributed by atoms with Crippen molar-refractivity contribution in [3.8, 4) is 11.1 Å². The molecule has 3 heterocycles. The lowest BCUT2D eigenvalue weighted by atomic mass is 9.73. The van der Waals surface area contributed by atoms with Gasteiger partial charge in [-0.3, -0.25) is 5.32 Å². The van der Waals surface area contributed by atoms with Crippen molar-refractivity contribution in [1.82, 2.24) is 4.90 Å². The van der Waals surface area contributed by atoms with E-state index in [1.807, 2.05) is 54.6 Å².